The summed E-state index contributed by atoms with van der Waals surface area (Å²) in [4.78, 5) is 12.9. The summed E-state index contributed by atoms with van der Waals surface area (Å²) in [6.45, 7) is -2.36. The minimum absolute atomic E-state index is 0.0957. The highest BCUT2D eigenvalue weighted by molar-refractivity contribution is 7.89. The Morgan fingerprint density at radius 1 is 1.19 bits per heavy atom. The highest BCUT2D eigenvalue weighted by atomic mass is 32.2. The SMILES string of the molecule is COc1cc(CNC(=O)C2CCCN(S(=O)(=O)c3ccccc3)C2)ccc1OC(F)F. The number of hydrogen-bond donors (Lipinski definition) is 1. The molecule has 0 aromatic heterocycles. The summed E-state index contributed by atoms with van der Waals surface area (Å²) in [6.07, 6.45) is 1.16. The number of methoxy groups -OCH3 is 1. The van der Waals surface area contributed by atoms with E-state index in [1.807, 2.05) is 0 Å². The zero-order chi connectivity index (χ0) is 22.4. The number of hydrogen-bond acceptors (Lipinski definition) is 5. The van der Waals surface area contributed by atoms with Gasteiger partial charge in [-0.05, 0) is 42.7 Å². The number of carbonyl (C=O) groups excluding carboxylic acids is 1. The number of piperidine rings is 1. The minimum Gasteiger partial charge on any atom is -0.493 e. The Hall–Kier alpha value is -2.72. The predicted molar refractivity (Wildman–Crippen MR) is 109 cm³/mol. The van der Waals surface area contributed by atoms with Crippen LogP contribution in [0.4, 0.5) is 8.78 Å². The van der Waals surface area contributed by atoms with Gasteiger partial charge in [0, 0.05) is 19.6 Å². The van der Waals surface area contributed by atoms with Gasteiger partial charge in [-0.2, -0.15) is 13.1 Å². The van der Waals surface area contributed by atoms with E-state index < -0.39 is 22.6 Å². The molecule has 1 aliphatic rings. The molecule has 0 spiro atoms. The van der Waals surface area contributed by atoms with Crippen molar-refractivity contribution in [2.24, 2.45) is 5.92 Å². The highest BCUT2D eigenvalue weighted by Crippen LogP contribution is 2.29. The number of ether oxygens (including phenoxy) is 2. The molecule has 1 saturated heterocycles. The number of carbonyl (C=O) groups is 1. The van der Waals surface area contributed by atoms with Crippen LogP contribution in [-0.2, 0) is 21.4 Å². The molecule has 3 rings (SSSR count). The van der Waals surface area contributed by atoms with E-state index in [1.54, 1.807) is 24.3 Å². The van der Waals surface area contributed by atoms with Crippen LogP contribution in [0.1, 0.15) is 18.4 Å². The molecule has 0 saturated carbocycles. The lowest BCUT2D eigenvalue weighted by Gasteiger charge is -2.31. The van der Waals surface area contributed by atoms with Crippen LogP contribution in [-0.4, -0.2) is 45.4 Å². The topological polar surface area (TPSA) is 84.9 Å². The van der Waals surface area contributed by atoms with Crippen LogP contribution in [0.5, 0.6) is 11.5 Å². The maximum Gasteiger partial charge on any atom is 0.387 e. The predicted octanol–water partition coefficient (Wildman–Crippen LogP) is 3.01. The first kappa shape index (κ1) is 23.0. The zero-order valence-electron chi connectivity index (χ0n) is 17.0. The van der Waals surface area contributed by atoms with E-state index >= 15 is 0 Å². The molecular formula is C21H24F2N2O5S. The molecule has 1 N–H and O–H groups in total. The first-order chi connectivity index (χ1) is 14.8. The van der Waals surface area contributed by atoms with E-state index in [-0.39, 0.29) is 35.4 Å². The maximum absolute atomic E-state index is 12.8. The normalized spacial score (nSPS) is 17.4. The molecule has 0 aliphatic carbocycles. The lowest BCUT2D eigenvalue weighted by atomic mass is 9.98. The Labute approximate surface area is 180 Å². The van der Waals surface area contributed by atoms with E-state index in [0.29, 0.717) is 24.9 Å². The van der Waals surface area contributed by atoms with Crippen LogP contribution in [0.3, 0.4) is 0 Å². The molecule has 31 heavy (non-hydrogen) atoms. The van der Waals surface area contributed by atoms with Crippen LogP contribution < -0.4 is 14.8 Å². The standard InChI is InChI=1S/C21H24F2N2O5S/c1-29-19-12-15(9-10-18(19)30-21(22)23)13-24-20(26)16-6-5-11-25(14-16)31(27,28)17-7-3-2-4-8-17/h2-4,7-10,12,16,21H,5-6,11,13-14H2,1H3,(H,24,26). The van der Waals surface area contributed by atoms with E-state index in [1.165, 1.54) is 35.7 Å². The lowest BCUT2D eigenvalue weighted by molar-refractivity contribution is -0.126. The summed E-state index contributed by atoms with van der Waals surface area (Å²) in [7, 11) is -2.32. The average Bonchev–Trinajstić information content (AvgIpc) is 2.78. The minimum atomic E-state index is -3.66. The molecule has 7 nitrogen and oxygen atoms in total. The van der Waals surface area contributed by atoms with Gasteiger partial charge in [0.2, 0.25) is 15.9 Å². The van der Waals surface area contributed by atoms with Crippen molar-refractivity contribution in [1.82, 2.24) is 9.62 Å². The van der Waals surface area contributed by atoms with Crippen LogP contribution in [0.25, 0.3) is 0 Å². The van der Waals surface area contributed by atoms with Crippen molar-refractivity contribution >= 4 is 15.9 Å². The van der Waals surface area contributed by atoms with Gasteiger partial charge in [-0.1, -0.05) is 24.3 Å². The molecule has 1 unspecified atom stereocenters. The van der Waals surface area contributed by atoms with E-state index in [2.05, 4.69) is 10.1 Å². The van der Waals surface area contributed by atoms with Gasteiger partial charge in [-0.15, -0.1) is 0 Å². The van der Waals surface area contributed by atoms with Crippen molar-refractivity contribution in [3.63, 3.8) is 0 Å². The monoisotopic (exact) mass is 454 g/mol. The van der Waals surface area contributed by atoms with Gasteiger partial charge in [0.15, 0.2) is 11.5 Å². The van der Waals surface area contributed by atoms with E-state index in [0.717, 1.165) is 0 Å². The van der Waals surface area contributed by atoms with Gasteiger partial charge >= 0.3 is 6.61 Å². The number of amides is 1. The third kappa shape index (κ3) is 5.71. The second-order valence-electron chi connectivity index (χ2n) is 7.10. The van der Waals surface area contributed by atoms with Gasteiger partial charge in [0.1, 0.15) is 0 Å². The Bertz CT molecular complexity index is 1000. The summed E-state index contributed by atoms with van der Waals surface area (Å²) in [5, 5.41) is 2.79. The molecule has 1 amide bonds. The van der Waals surface area contributed by atoms with Gasteiger partial charge < -0.3 is 14.8 Å². The van der Waals surface area contributed by atoms with Crippen molar-refractivity contribution in [2.75, 3.05) is 20.2 Å². The third-order valence-electron chi connectivity index (χ3n) is 5.05. The summed E-state index contributed by atoms with van der Waals surface area (Å²) < 4.78 is 61.3. The van der Waals surface area contributed by atoms with Gasteiger partial charge in [-0.3, -0.25) is 4.79 Å². The van der Waals surface area contributed by atoms with Gasteiger partial charge in [0.05, 0.1) is 17.9 Å². The van der Waals surface area contributed by atoms with Crippen molar-refractivity contribution in [3.05, 3.63) is 54.1 Å². The van der Waals surface area contributed by atoms with Gasteiger partial charge in [0.25, 0.3) is 0 Å². The Balaban J connectivity index is 1.62. The molecule has 2 aromatic rings. The molecule has 0 bridgehead atoms. The molecule has 168 valence electrons. The number of rotatable bonds is 8. The molecule has 1 heterocycles. The summed E-state index contributed by atoms with van der Waals surface area (Å²) in [5.74, 6) is -0.707. The fourth-order valence-electron chi connectivity index (χ4n) is 3.47. The fraction of sp³-hybridized carbons (Fsp3) is 0.381. The summed E-state index contributed by atoms with van der Waals surface area (Å²) in [5.41, 5.74) is 0.636. The van der Waals surface area contributed by atoms with Gasteiger partial charge in [-0.25, -0.2) is 8.42 Å². The number of nitrogens with one attached hydrogen (secondary N) is 1. The maximum atomic E-state index is 12.8. The van der Waals surface area contributed by atoms with Crippen molar-refractivity contribution in [3.8, 4) is 11.5 Å². The second kappa shape index (κ2) is 10.1. The molecule has 1 aliphatic heterocycles. The Kier molecular flexibility index (Phi) is 7.45. The zero-order valence-corrected chi connectivity index (χ0v) is 17.8. The number of halogens is 2. The molecular weight excluding hydrogens is 430 g/mol. The van der Waals surface area contributed by atoms with Crippen molar-refractivity contribution in [1.29, 1.82) is 0 Å². The first-order valence-corrected chi connectivity index (χ1v) is 11.2. The average molecular weight is 454 g/mol. The quantitative estimate of drug-likeness (QED) is 0.663. The smallest absolute Gasteiger partial charge is 0.387 e. The largest absolute Gasteiger partial charge is 0.493 e. The molecule has 10 heteroatoms. The number of nitrogens with zero attached hydrogens (tertiary/aromatic N) is 1. The molecule has 2 aromatic carbocycles. The Morgan fingerprint density at radius 3 is 2.61 bits per heavy atom. The second-order valence-corrected chi connectivity index (χ2v) is 9.03. The molecule has 0 radical (unpaired) electrons. The number of benzene rings is 2. The van der Waals surface area contributed by atoms with Crippen LogP contribution >= 0.6 is 0 Å². The number of sulfonamides is 1. The van der Waals surface area contributed by atoms with Crippen LogP contribution in [0.2, 0.25) is 0 Å². The fourth-order valence-corrected chi connectivity index (χ4v) is 5.01. The third-order valence-corrected chi connectivity index (χ3v) is 6.93. The van der Waals surface area contributed by atoms with Crippen molar-refractivity contribution in [2.45, 2.75) is 30.9 Å². The summed E-state index contributed by atoms with van der Waals surface area (Å²) >= 11 is 0. The lowest BCUT2D eigenvalue weighted by Crippen LogP contribution is -2.45. The van der Waals surface area contributed by atoms with Crippen LogP contribution in [0.15, 0.2) is 53.4 Å². The highest BCUT2D eigenvalue weighted by Gasteiger charge is 2.33. The molecule has 1 atom stereocenters. The van der Waals surface area contributed by atoms with E-state index in [4.69, 9.17) is 4.74 Å². The number of alkyl halides is 2. The Morgan fingerprint density at radius 2 is 1.94 bits per heavy atom. The molecule has 1 fully saturated rings. The van der Waals surface area contributed by atoms with Crippen LogP contribution in [0, 0.1) is 5.92 Å². The first-order valence-electron chi connectivity index (χ1n) is 9.76. The van der Waals surface area contributed by atoms with E-state index in [9.17, 15) is 22.0 Å². The van der Waals surface area contributed by atoms with Crippen molar-refractivity contribution < 1.29 is 31.5 Å². The summed E-state index contributed by atoms with van der Waals surface area (Å²) in [6, 6.07) is 12.5.